The van der Waals surface area contributed by atoms with Gasteiger partial charge in [0, 0.05) is 6.54 Å². The number of aliphatic hydroxyl groups is 1. The largest absolute Gasteiger partial charge is 0.392 e. The van der Waals surface area contributed by atoms with Gasteiger partial charge >= 0.3 is 0 Å². The van der Waals surface area contributed by atoms with Crippen molar-refractivity contribution >= 4 is 17.2 Å². The van der Waals surface area contributed by atoms with Gasteiger partial charge < -0.3 is 10.4 Å². The Hall–Kier alpha value is -0.940. The third kappa shape index (κ3) is 3.08. The third-order valence-corrected chi connectivity index (χ3v) is 2.78. The van der Waals surface area contributed by atoms with E-state index in [9.17, 15) is 4.79 Å². The number of aromatic nitrogens is 1. The Kier molecular flexibility index (Phi) is 4.03. The van der Waals surface area contributed by atoms with E-state index in [2.05, 4.69) is 10.3 Å². The van der Waals surface area contributed by atoms with Crippen LogP contribution >= 0.6 is 11.3 Å². The minimum Gasteiger partial charge on any atom is -0.392 e. The van der Waals surface area contributed by atoms with Gasteiger partial charge in [0.1, 0.15) is 4.88 Å². The first-order valence-corrected chi connectivity index (χ1v) is 5.36. The Bertz CT molecular complexity index is 310. The lowest BCUT2D eigenvalue weighted by Gasteiger charge is -2.04. The first kappa shape index (κ1) is 11.1. The van der Waals surface area contributed by atoms with E-state index in [1.54, 1.807) is 13.1 Å². The van der Waals surface area contributed by atoms with Crippen LogP contribution in [0.5, 0.6) is 0 Å². The fourth-order valence-electron chi connectivity index (χ4n) is 0.906. The zero-order valence-corrected chi connectivity index (χ0v) is 9.10. The van der Waals surface area contributed by atoms with Gasteiger partial charge in [0.05, 0.1) is 17.3 Å². The summed E-state index contributed by atoms with van der Waals surface area (Å²) in [5.74, 6) is -0.164. The summed E-state index contributed by atoms with van der Waals surface area (Å²) in [5.41, 5.74) is 0. The molecular formula is C9H14N2O2S. The molecular weight excluding hydrogens is 200 g/mol. The van der Waals surface area contributed by atoms with Gasteiger partial charge in [-0.15, -0.1) is 11.3 Å². The molecule has 0 saturated carbocycles. The summed E-state index contributed by atoms with van der Waals surface area (Å²) in [5, 5.41) is 12.5. The fraction of sp³-hybridized carbons (Fsp3) is 0.556. The van der Waals surface area contributed by atoms with Crippen molar-refractivity contribution in [2.75, 3.05) is 6.54 Å². The molecule has 2 N–H and O–H groups in total. The Labute approximate surface area is 87.0 Å². The van der Waals surface area contributed by atoms with Crippen LogP contribution in [0, 0.1) is 0 Å². The Morgan fingerprint density at radius 2 is 2.50 bits per heavy atom. The van der Waals surface area contributed by atoms with Crippen molar-refractivity contribution in [2.24, 2.45) is 0 Å². The average Bonchev–Trinajstić information content (AvgIpc) is 2.62. The summed E-state index contributed by atoms with van der Waals surface area (Å²) in [6, 6.07) is 0. The SMILES string of the molecule is CCc1ncc(C(=O)NCC(C)O)s1. The minimum atomic E-state index is -0.516. The van der Waals surface area contributed by atoms with Crippen molar-refractivity contribution in [3.05, 3.63) is 16.1 Å². The van der Waals surface area contributed by atoms with Crippen LogP contribution in [0.3, 0.4) is 0 Å². The maximum absolute atomic E-state index is 11.4. The van der Waals surface area contributed by atoms with Crippen LogP contribution in [0.1, 0.15) is 28.5 Å². The van der Waals surface area contributed by atoms with Gasteiger partial charge in [-0.1, -0.05) is 6.92 Å². The second-order valence-electron chi connectivity index (χ2n) is 3.03. The summed E-state index contributed by atoms with van der Waals surface area (Å²) in [6.07, 6.45) is 1.90. The van der Waals surface area contributed by atoms with E-state index in [1.807, 2.05) is 6.92 Å². The van der Waals surface area contributed by atoms with Crippen LogP contribution in [0.15, 0.2) is 6.20 Å². The first-order chi connectivity index (χ1) is 6.63. The highest BCUT2D eigenvalue weighted by atomic mass is 32.1. The first-order valence-electron chi connectivity index (χ1n) is 4.54. The zero-order valence-electron chi connectivity index (χ0n) is 8.28. The third-order valence-electron chi connectivity index (χ3n) is 1.64. The van der Waals surface area contributed by atoms with Crippen LogP contribution in [-0.2, 0) is 6.42 Å². The number of nitrogens with zero attached hydrogens (tertiary/aromatic N) is 1. The molecule has 1 heterocycles. The molecule has 0 aromatic carbocycles. The highest BCUT2D eigenvalue weighted by Crippen LogP contribution is 2.12. The molecule has 14 heavy (non-hydrogen) atoms. The number of aliphatic hydroxyl groups excluding tert-OH is 1. The lowest BCUT2D eigenvalue weighted by atomic mass is 10.4. The van der Waals surface area contributed by atoms with Crippen molar-refractivity contribution < 1.29 is 9.90 Å². The van der Waals surface area contributed by atoms with Gasteiger partial charge in [0.2, 0.25) is 0 Å². The van der Waals surface area contributed by atoms with E-state index >= 15 is 0 Å². The Balaban J connectivity index is 2.52. The van der Waals surface area contributed by atoms with Gasteiger partial charge in [-0.05, 0) is 13.3 Å². The zero-order chi connectivity index (χ0) is 10.6. The molecule has 0 aliphatic heterocycles. The maximum atomic E-state index is 11.4. The van der Waals surface area contributed by atoms with Gasteiger partial charge in [0.25, 0.3) is 5.91 Å². The fourth-order valence-corrected chi connectivity index (χ4v) is 1.68. The van der Waals surface area contributed by atoms with Crippen molar-refractivity contribution in [2.45, 2.75) is 26.4 Å². The lowest BCUT2D eigenvalue weighted by Crippen LogP contribution is -2.29. The molecule has 1 atom stereocenters. The summed E-state index contributed by atoms with van der Waals surface area (Å²) < 4.78 is 0. The molecule has 1 aromatic rings. The number of thiazole rings is 1. The van der Waals surface area contributed by atoms with E-state index in [-0.39, 0.29) is 12.5 Å². The number of rotatable bonds is 4. The molecule has 78 valence electrons. The normalized spacial score (nSPS) is 12.5. The van der Waals surface area contributed by atoms with Gasteiger partial charge in [0.15, 0.2) is 0 Å². The maximum Gasteiger partial charge on any atom is 0.263 e. The predicted octanol–water partition coefficient (Wildman–Crippen LogP) is 0.816. The van der Waals surface area contributed by atoms with Gasteiger partial charge in [-0.3, -0.25) is 4.79 Å². The predicted molar refractivity (Wildman–Crippen MR) is 55.5 cm³/mol. The number of carbonyl (C=O) groups excluding carboxylic acids is 1. The van der Waals surface area contributed by atoms with Gasteiger partial charge in [-0.2, -0.15) is 0 Å². The molecule has 0 aliphatic carbocycles. The molecule has 0 bridgehead atoms. The summed E-state index contributed by atoms with van der Waals surface area (Å²) in [6.45, 7) is 3.90. The number of aryl methyl sites for hydroxylation is 1. The second-order valence-corrected chi connectivity index (χ2v) is 4.15. The molecule has 1 aromatic heterocycles. The smallest absolute Gasteiger partial charge is 0.263 e. The van der Waals surface area contributed by atoms with Crippen LogP contribution in [0.2, 0.25) is 0 Å². The van der Waals surface area contributed by atoms with Crippen LogP contribution in [0.25, 0.3) is 0 Å². The van der Waals surface area contributed by atoms with E-state index in [4.69, 9.17) is 5.11 Å². The molecule has 0 spiro atoms. The monoisotopic (exact) mass is 214 g/mol. The van der Waals surface area contributed by atoms with E-state index in [0.717, 1.165) is 11.4 Å². The van der Waals surface area contributed by atoms with Crippen molar-refractivity contribution in [3.8, 4) is 0 Å². The quantitative estimate of drug-likeness (QED) is 0.780. The number of hydrogen-bond donors (Lipinski definition) is 2. The van der Waals surface area contributed by atoms with Crippen molar-refractivity contribution in [1.82, 2.24) is 10.3 Å². The molecule has 4 nitrogen and oxygen atoms in total. The van der Waals surface area contributed by atoms with Crippen molar-refractivity contribution in [1.29, 1.82) is 0 Å². The molecule has 0 saturated heterocycles. The van der Waals surface area contributed by atoms with E-state index in [0.29, 0.717) is 4.88 Å². The minimum absolute atomic E-state index is 0.164. The van der Waals surface area contributed by atoms with Crippen LogP contribution in [-0.4, -0.2) is 28.6 Å². The second kappa shape index (κ2) is 5.07. The highest BCUT2D eigenvalue weighted by Gasteiger charge is 2.09. The highest BCUT2D eigenvalue weighted by molar-refractivity contribution is 7.13. The average molecular weight is 214 g/mol. The molecule has 1 amide bonds. The number of carbonyl (C=O) groups is 1. The number of hydrogen-bond acceptors (Lipinski definition) is 4. The Morgan fingerprint density at radius 1 is 1.79 bits per heavy atom. The van der Waals surface area contributed by atoms with Crippen LogP contribution in [0.4, 0.5) is 0 Å². The summed E-state index contributed by atoms with van der Waals surface area (Å²) >= 11 is 1.39. The molecule has 1 rings (SSSR count). The summed E-state index contributed by atoms with van der Waals surface area (Å²) in [7, 11) is 0. The molecule has 0 aliphatic rings. The Morgan fingerprint density at radius 3 is 3.00 bits per heavy atom. The van der Waals surface area contributed by atoms with Gasteiger partial charge in [-0.25, -0.2) is 4.98 Å². The van der Waals surface area contributed by atoms with E-state index < -0.39 is 6.10 Å². The van der Waals surface area contributed by atoms with Crippen molar-refractivity contribution in [3.63, 3.8) is 0 Å². The lowest BCUT2D eigenvalue weighted by molar-refractivity contribution is 0.0928. The molecule has 0 radical (unpaired) electrons. The molecule has 5 heteroatoms. The van der Waals surface area contributed by atoms with Crippen LogP contribution < -0.4 is 5.32 Å². The summed E-state index contributed by atoms with van der Waals surface area (Å²) in [4.78, 5) is 16.1. The standard InChI is InChI=1S/C9H14N2O2S/c1-3-8-10-5-7(14-8)9(13)11-4-6(2)12/h5-6,12H,3-4H2,1-2H3,(H,11,13). The number of amides is 1. The number of nitrogens with one attached hydrogen (secondary N) is 1. The van der Waals surface area contributed by atoms with E-state index in [1.165, 1.54) is 11.3 Å². The molecule has 1 unspecified atom stereocenters. The topological polar surface area (TPSA) is 62.2 Å². The molecule has 0 fully saturated rings.